The Kier molecular flexibility index (Phi) is 5.63. The van der Waals surface area contributed by atoms with Gasteiger partial charge in [-0.15, -0.1) is 0 Å². The molecular weight excluding hydrogens is 290 g/mol. The molecule has 1 N–H and O–H groups in total. The van der Waals surface area contributed by atoms with Crippen molar-refractivity contribution < 1.29 is 9.53 Å². The highest BCUT2D eigenvalue weighted by Crippen LogP contribution is 2.15. The molecule has 0 saturated heterocycles. The maximum absolute atomic E-state index is 11.8. The van der Waals surface area contributed by atoms with Crippen molar-refractivity contribution in [1.82, 2.24) is 14.9 Å². The van der Waals surface area contributed by atoms with Crippen molar-refractivity contribution in [2.45, 2.75) is 25.9 Å². The van der Waals surface area contributed by atoms with Crippen molar-refractivity contribution in [2.24, 2.45) is 0 Å². The summed E-state index contributed by atoms with van der Waals surface area (Å²) in [7, 11) is 0. The molecule has 2 rings (SSSR count). The summed E-state index contributed by atoms with van der Waals surface area (Å²) in [4.78, 5) is 15.8. The van der Waals surface area contributed by atoms with Crippen molar-refractivity contribution in [2.75, 3.05) is 6.61 Å². The number of hydrogen-bond donors (Lipinski definition) is 1. The zero-order valence-corrected chi connectivity index (χ0v) is 12.6. The van der Waals surface area contributed by atoms with Crippen LogP contribution in [-0.4, -0.2) is 28.1 Å². The van der Waals surface area contributed by atoms with Gasteiger partial charge in [0, 0.05) is 30.0 Å². The van der Waals surface area contributed by atoms with Crippen molar-refractivity contribution in [3.63, 3.8) is 0 Å². The largest absolute Gasteiger partial charge is 0.493 e. The number of nitrogens with one attached hydrogen (secondary N) is 1. The molecule has 6 heteroatoms. The first kappa shape index (κ1) is 15.4. The fourth-order valence-electron chi connectivity index (χ4n) is 1.90. The molecule has 0 bridgehead atoms. The molecule has 1 heterocycles. The summed E-state index contributed by atoms with van der Waals surface area (Å²) in [6.45, 7) is 2.99. The third kappa shape index (κ3) is 5.47. The van der Waals surface area contributed by atoms with E-state index in [-0.39, 0.29) is 11.9 Å². The molecule has 0 spiro atoms. The maximum Gasteiger partial charge on any atom is 0.223 e. The molecule has 21 heavy (non-hydrogen) atoms. The third-order valence-corrected chi connectivity index (χ3v) is 3.11. The Morgan fingerprint density at radius 3 is 2.86 bits per heavy atom. The number of hydrogen-bond acceptors (Lipinski definition) is 3. The number of rotatable bonds is 7. The number of aromatic nitrogens is 2. The minimum Gasteiger partial charge on any atom is -0.493 e. The van der Waals surface area contributed by atoms with E-state index in [4.69, 9.17) is 16.3 Å². The zero-order valence-electron chi connectivity index (χ0n) is 11.8. The lowest BCUT2D eigenvalue weighted by atomic mass is 10.3. The molecule has 112 valence electrons. The van der Waals surface area contributed by atoms with Crippen LogP contribution in [0.5, 0.6) is 5.75 Å². The van der Waals surface area contributed by atoms with E-state index < -0.39 is 0 Å². The number of amides is 1. The summed E-state index contributed by atoms with van der Waals surface area (Å²) < 4.78 is 7.41. The first-order chi connectivity index (χ1) is 10.1. The highest BCUT2D eigenvalue weighted by atomic mass is 35.5. The molecule has 1 amide bonds. The smallest absolute Gasteiger partial charge is 0.223 e. The van der Waals surface area contributed by atoms with Gasteiger partial charge in [0.05, 0.1) is 19.4 Å². The van der Waals surface area contributed by atoms with Gasteiger partial charge in [-0.05, 0) is 31.2 Å². The van der Waals surface area contributed by atoms with Crippen molar-refractivity contribution in [3.05, 3.63) is 48.0 Å². The van der Waals surface area contributed by atoms with E-state index in [1.807, 2.05) is 17.7 Å². The summed E-state index contributed by atoms with van der Waals surface area (Å²) >= 11 is 5.79. The highest BCUT2D eigenvalue weighted by molar-refractivity contribution is 6.30. The van der Waals surface area contributed by atoms with Crippen LogP contribution in [0.25, 0.3) is 0 Å². The number of ether oxygens (including phenoxy) is 1. The molecule has 0 saturated carbocycles. The second-order valence-corrected chi connectivity index (χ2v) is 5.22. The molecule has 1 aromatic heterocycles. The van der Waals surface area contributed by atoms with Gasteiger partial charge in [0.15, 0.2) is 0 Å². The summed E-state index contributed by atoms with van der Waals surface area (Å²) in [5.41, 5.74) is 0. The van der Waals surface area contributed by atoms with Crippen LogP contribution < -0.4 is 10.1 Å². The molecule has 1 atom stereocenters. The van der Waals surface area contributed by atoms with Gasteiger partial charge in [0.25, 0.3) is 0 Å². The second kappa shape index (κ2) is 7.69. The minimum absolute atomic E-state index is 0.0309. The van der Waals surface area contributed by atoms with Crippen molar-refractivity contribution in [3.8, 4) is 5.75 Å². The Balaban J connectivity index is 1.66. The average Bonchev–Trinajstić information content (AvgIpc) is 2.93. The fourth-order valence-corrected chi connectivity index (χ4v) is 2.02. The van der Waals surface area contributed by atoms with Gasteiger partial charge in [-0.1, -0.05) is 11.6 Å². The summed E-state index contributed by atoms with van der Waals surface area (Å²) in [5, 5.41) is 3.59. The van der Waals surface area contributed by atoms with Gasteiger partial charge in [0.2, 0.25) is 5.91 Å². The lowest BCUT2D eigenvalue weighted by Gasteiger charge is -2.14. The Morgan fingerprint density at radius 2 is 2.19 bits per heavy atom. The third-order valence-electron chi connectivity index (χ3n) is 2.86. The fraction of sp³-hybridized carbons (Fsp3) is 0.333. The van der Waals surface area contributed by atoms with Crippen LogP contribution in [-0.2, 0) is 11.3 Å². The number of halogens is 1. The Morgan fingerprint density at radius 1 is 1.43 bits per heavy atom. The lowest BCUT2D eigenvalue weighted by Crippen LogP contribution is -2.36. The molecule has 1 aromatic carbocycles. The van der Waals surface area contributed by atoms with E-state index in [2.05, 4.69) is 10.3 Å². The summed E-state index contributed by atoms with van der Waals surface area (Å²) in [6, 6.07) is 7.11. The Labute approximate surface area is 128 Å². The van der Waals surface area contributed by atoms with Gasteiger partial charge in [0.1, 0.15) is 5.75 Å². The number of nitrogens with zero attached hydrogens (tertiary/aromatic N) is 2. The second-order valence-electron chi connectivity index (χ2n) is 4.78. The topological polar surface area (TPSA) is 56.2 Å². The molecule has 0 fully saturated rings. The summed E-state index contributed by atoms with van der Waals surface area (Å²) in [6.07, 6.45) is 5.63. The highest BCUT2D eigenvalue weighted by Gasteiger charge is 2.08. The number of carbonyl (C=O) groups excluding carboxylic acids is 1. The van der Waals surface area contributed by atoms with E-state index in [0.717, 1.165) is 0 Å². The Hall–Kier alpha value is -2.01. The molecule has 0 unspecified atom stereocenters. The zero-order chi connectivity index (χ0) is 15.1. The minimum atomic E-state index is -0.0309. The van der Waals surface area contributed by atoms with Gasteiger partial charge >= 0.3 is 0 Å². The van der Waals surface area contributed by atoms with Gasteiger partial charge in [-0.2, -0.15) is 0 Å². The van der Waals surface area contributed by atoms with Crippen LogP contribution in [0.4, 0.5) is 0 Å². The molecule has 0 aliphatic carbocycles. The van der Waals surface area contributed by atoms with Crippen molar-refractivity contribution >= 4 is 17.5 Å². The van der Waals surface area contributed by atoms with E-state index in [9.17, 15) is 4.79 Å². The standard InChI is InChI=1S/C15H18ClN3O2/c1-12(10-19-8-7-17-11-19)18-15(20)6-9-21-14-4-2-13(16)3-5-14/h2-5,7-8,11-12H,6,9-10H2,1H3,(H,18,20)/t12-/m1/s1. The quantitative estimate of drug-likeness (QED) is 0.855. The van der Waals surface area contributed by atoms with Gasteiger partial charge in [-0.25, -0.2) is 4.98 Å². The van der Waals surface area contributed by atoms with E-state index >= 15 is 0 Å². The molecule has 2 aromatic rings. The number of carbonyl (C=O) groups is 1. The van der Waals surface area contributed by atoms with Crippen LogP contribution in [0.3, 0.4) is 0 Å². The molecule has 5 nitrogen and oxygen atoms in total. The normalized spacial score (nSPS) is 11.9. The lowest BCUT2D eigenvalue weighted by molar-refractivity contribution is -0.122. The van der Waals surface area contributed by atoms with Crippen LogP contribution in [0.2, 0.25) is 5.02 Å². The molecule has 0 aliphatic rings. The van der Waals surface area contributed by atoms with E-state index in [0.29, 0.717) is 30.3 Å². The maximum atomic E-state index is 11.8. The van der Waals surface area contributed by atoms with Crippen LogP contribution in [0, 0.1) is 0 Å². The van der Waals surface area contributed by atoms with Gasteiger partial charge in [-0.3, -0.25) is 4.79 Å². The predicted molar refractivity (Wildman–Crippen MR) is 81.4 cm³/mol. The first-order valence-corrected chi connectivity index (χ1v) is 7.15. The first-order valence-electron chi connectivity index (χ1n) is 6.77. The van der Waals surface area contributed by atoms with Gasteiger partial charge < -0.3 is 14.6 Å². The molecular formula is C15H18ClN3O2. The Bertz CT molecular complexity index is 555. The summed E-state index contributed by atoms with van der Waals surface area (Å²) in [5.74, 6) is 0.676. The average molecular weight is 308 g/mol. The SMILES string of the molecule is C[C@H](Cn1ccnc1)NC(=O)CCOc1ccc(Cl)cc1. The van der Waals surface area contributed by atoms with Crippen LogP contribution in [0.15, 0.2) is 43.0 Å². The van der Waals surface area contributed by atoms with Crippen molar-refractivity contribution in [1.29, 1.82) is 0 Å². The predicted octanol–water partition coefficient (Wildman–Crippen LogP) is 2.51. The monoisotopic (exact) mass is 307 g/mol. The van der Waals surface area contributed by atoms with Crippen LogP contribution in [0.1, 0.15) is 13.3 Å². The molecule has 0 aliphatic heterocycles. The van der Waals surface area contributed by atoms with E-state index in [1.165, 1.54) is 0 Å². The van der Waals surface area contributed by atoms with Crippen LogP contribution >= 0.6 is 11.6 Å². The number of imidazole rings is 1. The van der Waals surface area contributed by atoms with E-state index in [1.54, 1.807) is 36.8 Å². The molecule has 0 radical (unpaired) electrons. The number of benzene rings is 1.